The van der Waals surface area contributed by atoms with Crippen molar-refractivity contribution in [1.29, 1.82) is 0 Å². The lowest BCUT2D eigenvalue weighted by Crippen LogP contribution is -2.13. The molecule has 0 aliphatic rings. The highest BCUT2D eigenvalue weighted by atomic mass is 79.9. The van der Waals surface area contributed by atoms with Crippen molar-refractivity contribution < 1.29 is 8.42 Å². The highest BCUT2D eigenvalue weighted by Gasteiger charge is 2.21. The van der Waals surface area contributed by atoms with Crippen LogP contribution in [0.2, 0.25) is 0 Å². The largest absolute Gasteiger partial charge is 0.315 e. The van der Waals surface area contributed by atoms with E-state index in [1.54, 1.807) is 6.07 Å². The quantitative estimate of drug-likeness (QED) is 0.821. The lowest BCUT2D eigenvalue weighted by Gasteiger charge is -2.10. The summed E-state index contributed by atoms with van der Waals surface area (Å²) in [6, 6.07) is 7.39. The maximum Gasteiger partial charge on any atom is 0.263 e. The van der Waals surface area contributed by atoms with E-state index in [-0.39, 0.29) is 4.90 Å². The highest BCUT2D eigenvalue weighted by molar-refractivity contribution is 9.11. The predicted octanol–water partition coefficient (Wildman–Crippen LogP) is 3.65. The zero-order chi connectivity index (χ0) is 15.6. The van der Waals surface area contributed by atoms with E-state index in [9.17, 15) is 8.42 Å². The van der Waals surface area contributed by atoms with E-state index in [1.807, 2.05) is 39.1 Å². The van der Waals surface area contributed by atoms with Crippen molar-refractivity contribution in [2.75, 3.05) is 11.8 Å². The van der Waals surface area contributed by atoms with Gasteiger partial charge in [-0.2, -0.15) is 0 Å². The summed E-state index contributed by atoms with van der Waals surface area (Å²) in [5.74, 6) is 0. The SMILES string of the molecule is CNCc1cc(S(=O)(=O)Nc2cc(C)ccc2C)c(Br)s1. The van der Waals surface area contributed by atoms with Crippen LogP contribution in [0.1, 0.15) is 16.0 Å². The van der Waals surface area contributed by atoms with Gasteiger partial charge in [0.1, 0.15) is 4.90 Å². The Balaban J connectivity index is 2.36. The highest BCUT2D eigenvalue weighted by Crippen LogP contribution is 2.33. The number of benzene rings is 1. The number of sulfonamides is 1. The van der Waals surface area contributed by atoms with Crippen LogP contribution in [0.3, 0.4) is 0 Å². The third-order valence-corrected chi connectivity index (χ3v) is 6.60. The first-order valence-corrected chi connectivity index (χ1v) is 9.45. The van der Waals surface area contributed by atoms with E-state index in [0.29, 0.717) is 16.0 Å². The summed E-state index contributed by atoms with van der Waals surface area (Å²) in [5, 5.41) is 3.02. The first-order valence-electron chi connectivity index (χ1n) is 6.36. The van der Waals surface area contributed by atoms with E-state index in [4.69, 9.17) is 0 Å². The standard InChI is InChI=1S/C14H17BrN2O2S2/c1-9-4-5-10(2)12(6-9)17-21(18,19)13-7-11(8-16-3)20-14(13)15/h4-7,16-17H,8H2,1-3H3. The van der Waals surface area contributed by atoms with Crippen molar-refractivity contribution in [1.82, 2.24) is 5.32 Å². The molecular formula is C14H17BrN2O2S2. The average molecular weight is 389 g/mol. The number of hydrogen-bond acceptors (Lipinski definition) is 4. The molecule has 7 heteroatoms. The van der Waals surface area contributed by atoms with Gasteiger partial charge in [0.2, 0.25) is 0 Å². The van der Waals surface area contributed by atoms with Crippen molar-refractivity contribution in [3.05, 3.63) is 44.1 Å². The van der Waals surface area contributed by atoms with Gasteiger partial charge in [-0.25, -0.2) is 8.42 Å². The molecule has 1 aromatic carbocycles. The molecule has 0 aliphatic carbocycles. The third-order valence-electron chi connectivity index (χ3n) is 2.98. The van der Waals surface area contributed by atoms with Gasteiger partial charge in [-0.3, -0.25) is 4.72 Å². The lowest BCUT2D eigenvalue weighted by atomic mass is 10.1. The number of thiophene rings is 1. The summed E-state index contributed by atoms with van der Waals surface area (Å²) >= 11 is 4.76. The maximum absolute atomic E-state index is 12.5. The Bertz CT molecular complexity index is 754. The van der Waals surface area contributed by atoms with E-state index in [1.165, 1.54) is 11.3 Å². The molecule has 0 atom stereocenters. The summed E-state index contributed by atoms with van der Waals surface area (Å²) in [7, 11) is -1.77. The average Bonchev–Trinajstić information content (AvgIpc) is 2.76. The summed E-state index contributed by atoms with van der Waals surface area (Å²) < 4.78 is 28.4. The van der Waals surface area contributed by atoms with Gasteiger partial charge in [0.05, 0.1) is 9.47 Å². The number of aryl methyl sites for hydroxylation is 2. The second-order valence-corrected chi connectivity index (χ2v) is 8.91. The van der Waals surface area contributed by atoms with Gasteiger partial charge in [0, 0.05) is 11.4 Å². The summed E-state index contributed by atoms with van der Waals surface area (Å²) in [6.45, 7) is 4.46. The van der Waals surface area contributed by atoms with E-state index in [0.717, 1.165) is 16.0 Å². The normalized spacial score (nSPS) is 11.6. The molecular weight excluding hydrogens is 372 g/mol. The smallest absolute Gasteiger partial charge is 0.263 e. The molecule has 0 bridgehead atoms. The molecule has 0 aliphatic heterocycles. The minimum atomic E-state index is -3.59. The first-order chi connectivity index (χ1) is 9.83. The van der Waals surface area contributed by atoms with Crippen LogP contribution in [0, 0.1) is 13.8 Å². The van der Waals surface area contributed by atoms with Crippen molar-refractivity contribution in [3.8, 4) is 0 Å². The van der Waals surface area contributed by atoms with E-state index < -0.39 is 10.0 Å². The lowest BCUT2D eigenvalue weighted by molar-refractivity contribution is 0.601. The summed E-state index contributed by atoms with van der Waals surface area (Å²) in [5.41, 5.74) is 2.52. The fourth-order valence-corrected chi connectivity index (χ4v) is 5.71. The van der Waals surface area contributed by atoms with Crippen LogP contribution in [0.4, 0.5) is 5.69 Å². The second kappa shape index (κ2) is 6.48. The maximum atomic E-state index is 12.5. The zero-order valence-corrected chi connectivity index (χ0v) is 15.2. The molecule has 0 fully saturated rings. The van der Waals surface area contributed by atoms with Crippen molar-refractivity contribution in [2.24, 2.45) is 0 Å². The minimum Gasteiger partial charge on any atom is -0.315 e. The Morgan fingerprint density at radius 2 is 1.95 bits per heavy atom. The van der Waals surface area contributed by atoms with Crippen LogP contribution < -0.4 is 10.0 Å². The van der Waals surface area contributed by atoms with Gasteiger partial charge in [-0.15, -0.1) is 11.3 Å². The van der Waals surface area contributed by atoms with Crippen molar-refractivity contribution >= 4 is 43.0 Å². The van der Waals surface area contributed by atoms with Crippen LogP contribution in [0.5, 0.6) is 0 Å². The fourth-order valence-electron chi connectivity index (χ4n) is 1.89. The predicted molar refractivity (Wildman–Crippen MR) is 91.5 cm³/mol. The molecule has 2 N–H and O–H groups in total. The molecule has 2 rings (SSSR count). The Labute approximate surface area is 137 Å². The molecule has 21 heavy (non-hydrogen) atoms. The molecule has 2 aromatic rings. The second-order valence-electron chi connectivity index (χ2n) is 4.80. The van der Waals surface area contributed by atoms with Crippen LogP contribution in [0.15, 0.2) is 32.9 Å². The molecule has 0 unspecified atom stereocenters. The van der Waals surface area contributed by atoms with Crippen molar-refractivity contribution in [3.63, 3.8) is 0 Å². The number of halogens is 1. The Kier molecular flexibility index (Phi) is 5.08. The number of nitrogens with one attached hydrogen (secondary N) is 2. The zero-order valence-electron chi connectivity index (χ0n) is 12.0. The van der Waals surface area contributed by atoms with Crippen LogP contribution in [0.25, 0.3) is 0 Å². The molecule has 0 amide bonds. The monoisotopic (exact) mass is 388 g/mol. The molecule has 0 saturated carbocycles. The molecule has 0 saturated heterocycles. The first kappa shape index (κ1) is 16.5. The molecule has 0 radical (unpaired) electrons. The van der Waals surface area contributed by atoms with Gasteiger partial charge in [0.25, 0.3) is 10.0 Å². The van der Waals surface area contributed by atoms with Gasteiger partial charge < -0.3 is 5.32 Å². The van der Waals surface area contributed by atoms with Crippen LogP contribution in [-0.2, 0) is 16.6 Å². The Morgan fingerprint density at radius 3 is 2.62 bits per heavy atom. The summed E-state index contributed by atoms with van der Waals surface area (Å²) in [4.78, 5) is 1.24. The van der Waals surface area contributed by atoms with E-state index >= 15 is 0 Å². The van der Waals surface area contributed by atoms with Gasteiger partial charge in [-0.1, -0.05) is 12.1 Å². The fraction of sp³-hybridized carbons (Fsp3) is 0.286. The molecule has 1 aromatic heterocycles. The molecule has 114 valence electrons. The third kappa shape index (κ3) is 3.85. The molecule has 1 heterocycles. The Hall–Kier alpha value is -0.890. The molecule has 4 nitrogen and oxygen atoms in total. The van der Waals surface area contributed by atoms with Crippen molar-refractivity contribution in [2.45, 2.75) is 25.3 Å². The summed E-state index contributed by atoms with van der Waals surface area (Å²) in [6.07, 6.45) is 0. The Morgan fingerprint density at radius 1 is 1.24 bits per heavy atom. The number of anilines is 1. The van der Waals surface area contributed by atoms with Crippen LogP contribution in [-0.4, -0.2) is 15.5 Å². The van der Waals surface area contributed by atoms with E-state index in [2.05, 4.69) is 26.0 Å². The van der Waals surface area contributed by atoms with Crippen LogP contribution >= 0.6 is 27.3 Å². The van der Waals surface area contributed by atoms with Gasteiger partial charge >= 0.3 is 0 Å². The number of hydrogen-bond donors (Lipinski definition) is 2. The minimum absolute atomic E-state index is 0.277. The number of rotatable bonds is 5. The topological polar surface area (TPSA) is 58.2 Å². The molecule has 0 spiro atoms. The van der Waals surface area contributed by atoms with Gasteiger partial charge in [-0.05, 0) is 60.1 Å². The van der Waals surface area contributed by atoms with Gasteiger partial charge in [0.15, 0.2) is 0 Å².